The van der Waals surface area contributed by atoms with Crippen LogP contribution in [0.25, 0.3) is 45.5 Å². The van der Waals surface area contributed by atoms with E-state index in [0.29, 0.717) is 13.0 Å². The third-order valence-electron chi connectivity index (χ3n) is 12.5. The van der Waals surface area contributed by atoms with Gasteiger partial charge in [-0.2, -0.15) is 0 Å². The van der Waals surface area contributed by atoms with Crippen LogP contribution < -0.4 is 20.1 Å². The molecule has 5 heteroatoms. The first-order valence-electron chi connectivity index (χ1n) is 25.2. The van der Waals surface area contributed by atoms with Gasteiger partial charge in [0, 0.05) is 52.6 Å². The third kappa shape index (κ3) is 13.5. The molecule has 2 N–H and O–H groups in total. The number of fused-ring (bicyclic) bond motifs is 3. The number of rotatable bonds is 21. The predicted octanol–water partition coefficient (Wildman–Crippen LogP) is 17.8. The first-order valence-corrected chi connectivity index (χ1v) is 25.2. The van der Waals surface area contributed by atoms with E-state index in [-0.39, 0.29) is 0 Å². The van der Waals surface area contributed by atoms with Crippen molar-refractivity contribution in [3.8, 4) is 11.5 Å². The van der Waals surface area contributed by atoms with Gasteiger partial charge in [0.2, 0.25) is 0 Å². The summed E-state index contributed by atoms with van der Waals surface area (Å²) < 4.78 is 15.0. The van der Waals surface area contributed by atoms with Gasteiger partial charge in [-0.3, -0.25) is 0 Å². The van der Waals surface area contributed by atoms with Gasteiger partial charge in [0.25, 0.3) is 0 Å². The van der Waals surface area contributed by atoms with E-state index in [1.165, 1.54) is 16.7 Å². The van der Waals surface area contributed by atoms with Gasteiger partial charge < -0.3 is 24.7 Å². The molecule has 0 atom stereocenters. The molecule has 5 aromatic rings. The van der Waals surface area contributed by atoms with Crippen LogP contribution in [0.1, 0.15) is 80.0 Å². The number of nitrogens with one attached hydrogen (secondary N) is 2. The number of para-hydroxylation sites is 2. The summed E-state index contributed by atoms with van der Waals surface area (Å²) in [6, 6.07) is 31.6. The highest BCUT2D eigenvalue weighted by atomic mass is 16.5. The fourth-order valence-corrected chi connectivity index (χ4v) is 9.21. The van der Waals surface area contributed by atoms with Gasteiger partial charge in [0.15, 0.2) is 0 Å². The number of allylic oxidation sites excluding steroid dienone is 22. The van der Waals surface area contributed by atoms with Crippen molar-refractivity contribution in [2.75, 3.05) is 19.0 Å². The minimum absolute atomic E-state index is 0.482. The number of hydrogen-bond donors (Lipinski definition) is 2. The van der Waals surface area contributed by atoms with E-state index in [4.69, 9.17) is 9.47 Å². The van der Waals surface area contributed by atoms with Crippen LogP contribution in [-0.4, -0.2) is 18.2 Å². The van der Waals surface area contributed by atoms with Crippen molar-refractivity contribution in [2.45, 2.75) is 52.9 Å². The fourth-order valence-electron chi connectivity index (χ4n) is 9.21. The molecule has 7 rings (SSSR count). The fraction of sp³-hybridized carbons (Fsp3) is 0.147. The highest BCUT2D eigenvalue weighted by Gasteiger charge is 2.25. The molecule has 0 aliphatic carbocycles. The Kier molecular flexibility index (Phi) is 19.1. The van der Waals surface area contributed by atoms with Crippen molar-refractivity contribution in [1.82, 2.24) is 9.88 Å². The summed E-state index contributed by atoms with van der Waals surface area (Å²) in [4.78, 5) is 0. The Morgan fingerprint density at radius 1 is 0.836 bits per heavy atom. The summed E-state index contributed by atoms with van der Waals surface area (Å²) >= 11 is 0. The Labute approximate surface area is 434 Å². The topological polar surface area (TPSA) is 47.5 Å². The third-order valence-corrected chi connectivity index (χ3v) is 12.5. The second-order valence-electron chi connectivity index (χ2n) is 17.8. The molecule has 0 saturated carbocycles. The molecule has 0 amide bonds. The summed E-state index contributed by atoms with van der Waals surface area (Å²) in [5.41, 5.74) is 16.3. The van der Waals surface area contributed by atoms with Gasteiger partial charge in [-0.15, -0.1) is 6.58 Å². The molecule has 73 heavy (non-hydrogen) atoms. The first-order chi connectivity index (χ1) is 35.8. The molecule has 4 aromatic carbocycles. The maximum Gasteiger partial charge on any atom is 0.130 e. The van der Waals surface area contributed by atoms with Crippen LogP contribution in [0.4, 0.5) is 5.69 Å². The number of anilines is 1. The molecule has 0 saturated heterocycles. The van der Waals surface area contributed by atoms with Gasteiger partial charge >= 0.3 is 0 Å². The second kappa shape index (κ2) is 26.6. The van der Waals surface area contributed by atoms with Gasteiger partial charge in [-0.25, -0.2) is 0 Å². The van der Waals surface area contributed by atoms with E-state index in [0.717, 1.165) is 116 Å². The van der Waals surface area contributed by atoms with Gasteiger partial charge in [-0.1, -0.05) is 171 Å². The van der Waals surface area contributed by atoms with E-state index in [9.17, 15) is 0 Å². The summed E-state index contributed by atoms with van der Waals surface area (Å²) in [6.45, 7) is 23.6. The zero-order valence-corrected chi connectivity index (χ0v) is 43.0. The Hall–Kier alpha value is -8.54. The maximum absolute atomic E-state index is 6.40. The van der Waals surface area contributed by atoms with Crippen molar-refractivity contribution in [1.29, 1.82) is 0 Å². The van der Waals surface area contributed by atoms with Crippen molar-refractivity contribution < 1.29 is 9.47 Å². The molecule has 0 radical (unpaired) electrons. The Morgan fingerprint density at radius 3 is 2.45 bits per heavy atom. The van der Waals surface area contributed by atoms with Crippen LogP contribution in [0.15, 0.2) is 249 Å². The Bertz CT molecular complexity index is 3230. The van der Waals surface area contributed by atoms with Crippen LogP contribution in [0, 0.1) is 0 Å². The molecule has 0 spiro atoms. The van der Waals surface area contributed by atoms with Gasteiger partial charge in [0.1, 0.15) is 23.9 Å². The standard InChI is InChI=1S/C68H69N3O2/c1-9-14-35-57(71-64(28-12-4)59(13-5)68-62(39-27-40-65(68)71)60(37-16-11-3)63-49-72-67-42-23-21-38-61(63)67)44-50(6)54-33-26-34-56(48-54)70-51(7)29-25-31-52(30-19-17-18-24-43-69-8)45-53-46-55-32-20-22-41-66(55)73-58(47-53)36-15-10-2/h9-13,15-18,20-29,31-45,48,69-70H,1,3,5,7,14,19,30,46-47,49H2,2,4,6,8H3/b15-10-,18-17-,28-12-,29-25-,37-16-,43-24-,50-44+,52-31+,53-45+,57-35+,58-36+,63-60-. The lowest BCUT2D eigenvalue weighted by molar-refractivity contribution is 0.388. The molecule has 0 bridgehead atoms. The van der Waals surface area contributed by atoms with Crippen molar-refractivity contribution in [2.24, 2.45) is 0 Å². The summed E-state index contributed by atoms with van der Waals surface area (Å²) in [5, 5.41) is 7.73. The van der Waals surface area contributed by atoms with Crippen molar-refractivity contribution in [3.63, 3.8) is 0 Å². The lowest BCUT2D eigenvalue weighted by Gasteiger charge is -2.14. The molecular formula is C68H69N3O2. The van der Waals surface area contributed by atoms with Crippen LogP contribution in [0.2, 0.25) is 0 Å². The number of nitrogens with zero attached hydrogens (tertiary/aromatic N) is 1. The summed E-state index contributed by atoms with van der Waals surface area (Å²) in [7, 11) is 1.90. The Morgan fingerprint density at radius 2 is 1.66 bits per heavy atom. The minimum atomic E-state index is 0.482. The van der Waals surface area contributed by atoms with Crippen LogP contribution in [0.3, 0.4) is 0 Å². The zero-order valence-electron chi connectivity index (χ0n) is 43.0. The largest absolute Gasteiger partial charge is 0.488 e. The van der Waals surface area contributed by atoms with Crippen molar-refractivity contribution in [3.05, 3.63) is 283 Å². The normalized spacial score (nSPS) is 16.2. The Balaban J connectivity index is 1.19. The maximum atomic E-state index is 6.40. The van der Waals surface area contributed by atoms with Crippen LogP contribution in [0.5, 0.6) is 11.5 Å². The highest BCUT2D eigenvalue weighted by Crippen LogP contribution is 2.43. The quantitative estimate of drug-likeness (QED) is 0.0568. The monoisotopic (exact) mass is 960 g/mol. The lowest BCUT2D eigenvalue weighted by atomic mass is 9.91. The SMILES string of the molecule is C=C/C=C\C(=C1/COc2ccccc21)c1cccc2c1c(C=C)c(/C=C\C)n2C(/C=C(\C)c1cccc(NC(=C)\C=C/C=C(/C=C2/C/C(=C\C=C/C)Oc3ccccc3C2)CC/C=C\C=C/NC)c1)=C/CC=C. The molecule has 1 aromatic heterocycles. The molecule has 5 nitrogen and oxygen atoms in total. The van der Waals surface area contributed by atoms with Gasteiger partial charge in [0.05, 0.1) is 11.2 Å². The van der Waals surface area contributed by atoms with E-state index in [1.807, 2.05) is 87.0 Å². The van der Waals surface area contributed by atoms with Gasteiger partial charge in [-0.05, 0) is 147 Å². The number of hydrogen-bond acceptors (Lipinski definition) is 4. The minimum Gasteiger partial charge on any atom is -0.488 e. The smallest absolute Gasteiger partial charge is 0.130 e. The van der Waals surface area contributed by atoms with Crippen LogP contribution >= 0.6 is 0 Å². The second-order valence-corrected chi connectivity index (χ2v) is 17.8. The number of ether oxygens (including phenoxy) is 2. The molecular weight excluding hydrogens is 891 g/mol. The highest BCUT2D eigenvalue weighted by molar-refractivity contribution is 6.10. The predicted molar refractivity (Wildman–Crippen MR) is 317 cm³/mol. The first kappa shape index (κ1) is 52.3. The molecule has 368 valence electrons. The molecule has 3 heterocycles. The molecule has 2 aliphatic heterocycles. The van der Waals surface area contributed by atoms with E-state index < -0.39 is 0 Å². The van der Waals surface area contributed by atoms with Crippen LogP contribution in [-0.2, 0) is 6.42 Å². The number of aromatic nitrogens is 1. The average molecular weight is 960 g/mol. The van der Waals surface area contributed by atoms with Crippen molar-refractivity contribution >= 4 is 51.2 Å². The summed E-state index contributed by atoms with van der Waals surface area (Å²) in [5.74, 6) is 2.75. The molecule has 0 fully saturated rings. The number of benzene rings is 4. The molecule has 2 aliphatic rings. The van der Waals surface area contributed by atoms with E-state index in [1.54, 1.807) is 0 Å². The molecule has 0 unspecified atom stereocenters. The summed E-state index contributed by atoms with van der Waals surface area (Å²) in [6.07, 6.45) is 45.8. The zero-order chi connectivity index (χ0) is 51.4. The van der Waals surface area contributed by atoms with E-state index in [2.05, 4.69) is 195 Å². The average Bonchev–Trinajstić information content (AvgIpc) is 3.91. The lowest BCUT2D eigenvalue weighted by Crippen LogP contribution is -2.00. The van der Waals surface area contributed by atoms with E-state index >= 15 is 0 Å².